The molecule has 0 aromatic carbocycles. The van der Waals surface area contributed by atoms with Crippen molar-refractivity contribution < 1.29 is 25.2 Å². The van der Waals surface area contributed by atoms with Crippen LogP contribution in [0.5, 0.6) is 0 Å². The molecule has 5 atom stereocenters. The zero-order chi connectivity index (χ0) is 33.4. The van der Waals surface area contributed by atoms with E-state index in [1.807, 2.05) is 0 Å². The maximum atomic E-state index is 12.4. The van der Waals surface area contributed by atoms with Gasteiger partial charge in [-0.2, -0.15) is 0 Å². The van der Waals surface area contributed by atoms with Gasteiger partial charge in [0.2, 0.25) is 5.91 Å². The molecule has 0 aromatic rings. The van der Waals surface area contributed by atoms with Gasteiger partial charge in [0, 0.05) is 0 Å². The van der Waals surface area contributed by atoms with Crippen molar-refractivity contribution in [3.8, 4) is 0 Å². The number of carbonyl (C=O) groups is 1. The number of amides is 1. The van der Waals surface area contributed by atoms with E-state index in [1.54, 1.807) is 0 Å². The minimum atomic E-state index is -1.25. The van der Waals surface area contributed by atoms with E-state index >= 15 is 0 Å². The Morgan fingerprint density at radius 1 is 0.533 bits per heavy atom. The van der Waals surface area contributed by atoms with Crippen molar-refractivity contribution in [3.63, 3.8) is 0 Å². The molecule has 0 unspecified atom stereocenters. The maximum Gasteiger partial charge on any atom is 0.249 e. The van der Waals surface area contributed by atoms with Crippen molar-refractivity contribution in [2.75, 3.05) is 6.61 Å². The van der Waals surface area contributed by atoms with Gasteiger partial charge in [-0.25, -0.2) is 0 Å². The van der Waals surface area contributed by atoms with Gasteiger partial charge in [0.25, 0.3) is 0 Å². The number of carbonyl (C=O) groups excluding carboxylic acids is 1. The number of rotatable bonds is 35. The second kappa shape index (κ2) is 33.2. The zero-order valence-corrected chi connectivity index (χ0v) is 30.3. The van der Waals surface area contributed by atoms with Crippen LogP contribution in [-0.2, 0) is 4.79 Å². The Morgan fingerprint density at radius 3 is 1.27 bits per heavy atom. The summed E-state index contributed by atoms with van der Waals surface area (Å²) in [6.07, 6.45) is 31.3. The van der Waals surface area contributed by atoms with Crippen LogP contribution in [0.3, 0.4) is 0 Å². The van der Waals surface area contributed by atoms with Crippen LogP contribution in [-0.4, -0.2) is 57.3 Å². The van der Waals surface area contributed by atoms with E-state index in [0.29, 0.717) is 12.8 Å². The van der Waals surface area contributed by atoms with Crippen molar-refractivity contribution in [3.05, 3.63) is 0 Å². The Kier molecular flexibility index (Phi) is 32.7. The summed E-state index contributed by atoms with van der Waals surface area (Å²) in [4.78, 5) is 12.4. The van der Waals surface area contributed by atoms with Crippen LogP contribution >= 0.6 is 0 Å². The summed E-state index contributed by atoms with van der Waals surface area (Å²) in [6, 6.07) is -0.979. The molecule has 0 radical (unpaired) electrons. The average molecular weight is 642 g/mol. The summed E-state index contributed by atoms with van der Waals surface area (Å²) < 4.78 is 0. The molecule has 0 fully saturated rings. The van der Waals surface area contributed by atoms with Gasteiger partial charge in [0.1, 0.15) is 12.2 Å². The van der Waals surface area contributed by atoms with Gasteiger partial charge in [0.15, 0.2) is 0 Å². The lowest BCUT2D eigenvalue weighted by Gasteiger charge is -2.27. The lowest BCUT2D eigenvalue weighted by molar-refractivity contribution is -0.132. The minimum absolute atomic E-state index is 0.374. The lowest BCUT2D eigenvalue weighted by atomic mass is 9.98. The SMILES string of the molecule is CCCCCCCCCCCCCCCCCCCC[C@@H](O)C(=O)N[C@@H](CO)[C@H](O)[C@H](O)CCCCCCCCC[C@H](C)CC. The molecule has 0 saturated carbocycles. The van der Waals surface area contributed by atoms with E-state index < -0.39 is 36.9 Å². The fourth-order valence-corrected chi connectivity index (χ4v) is 6.26. The molecule has 6 nitrogen and oxygen atoms in total. The number of hydrogen-bond acceptors (Lipinski definition) is 5. The summed E-state index contributed by atoms with van der Waals surface area (Å²) in [5.41, 5.74) is 0. The third kappa shape index (κ3) is 28.1. The first kappa shape index (κ1) is 44.3. The van der Waals surface area contributed by atoms with Crippen LogP contribution in [0.15, 0.2) is 0 Å². The van der Waals surface area contributed by atoms with Gasteiger partial charge in [-0.15, -0.1) is 0 Å². The second-order valence-corrected chi connectivity index (χ2v) is 14.2. The molecule has 0 bridgehead atoms. The third-order valence-electron chi connectivity index (χ3n) is 9.86. The summed E-state index contributed by atoms with van der Waals surface area (Å²) in [5.74, 6) is 0.243. The summed E-state index contributed by atoms with van der Waals surface area (Å²) >= 11 is 0. The predicted molar refractivity (Wildman–Crippen MR) is 191 cm³/mol. The minimum Gasteiger partial charge on any atom is -0.394 e. The number of aliphatic hydroxyl groups excluding tert-OH is 4. The van der Waals surface area contributed by atoms with E-state index in [1.165, 1.54) is 135 Å². The Labute approximate surface area is 279 Å². The fraction of sp³-hybridized carbons (Fsp3) is 0.974. The molecule has 0 spiro atoms. The number of aliphatic hydroxyl groups is 4. The molecule has 0 rings (SSSR count). The Bertz CT molecular complexity index is 618. The lowest BCUT2D eigenvalue weighted by Crippen LogP contribution is -2.53. The Hall–Kier alpha value is -0.690. The maximum absolute atomic E-state index is 12.4. The first-order valence-corrected chi connectivity index (χ1v) is 19.8. The topological polar surface area (TPSA) is 110 Å². The van der Waals surface area contributed by atoms with Gasteiger partial charge >= 0.3 is 0 Å². The predicted octanol–water partition coefficient (Wildman–Crippen LogP) is 9.54. The quantitative estimate of drug-likeness (QED) is 0.0443. The molecule has 270 valence electrons. The van der Waals surface area contributed by atoms with E-state index in [9.17, 15) is 25.2 Å². The van der Waals surface area contributed by atoms with Crippen LogP contribution in [0.2, 0.25) is 0 Å². The van der Waals surface area contributed by atoms with E-state index in [0.717, 1.165) is 44.4 Å². The molecule has 5 N–H and O–H groups in total. The van der Waals surface area contributed by atoms with Crippen molar-refractivity contribution >= 4 is 5.91 Å². The summed E-state index contributed by atoms with van der Waals surface area (Å²) in [5, 5.41) is 43.5. The van der Waals surface area contributed by atoms with Crippen molar-refractivity contribution in [1.82, 2.24) is 5.32 Å². The van der Waals surface area contributed by atoms with Gasteiger partial charge in [-0.1, -0.05) is 194 Å². The molecule has 0 saturated heterocycles. The summed E-state index contributed by atoms with van der Waals surface area (Å²) in [7, 11) is 0. The van der Waals surface area contributed by atoms with Crippen molar-refractivity contribution in [2.24, 2.45) is 5.92 Å². The van der Waals surface area contributed by atoms with Crippen LogP contribution < -0.4 is 5.32 Å². The molecule has 0 heterocycles. The number of nitrogens with one attached hydrogen (secondary N) is 1. The normalized spacial score (nSPS) is 15.1. The molecule has 0 aromatic heterocycles. The molecule has 0 aliphatic rings. The highest BCUT2D eigenvalue weighted by atomic mass is 16.3. The summed E-state index contributed by atoms with van der Waals surface area (Å²) in [6.45, 7) is 6.36. The van der Waals surface area contributed by atoms with Gasteiger partial charge < -0.3 is 25.7 Å². The monoisotopic (exact) mass is 642 g/mol. The molecule has 6 heteroatoms. The van der Waals surface area contributed by atoms with Gasteiger partial charge in [0.05, 0.1) is 18.8 Å². The van der Waals surface area contributed by atoms with Crippen LogP contribution in [0.4, 0.5) is 0 Å². The van der Waals surface area contributed by atoms with Crippen LogP contribution in [0.1, 0.15) is 207 Å². The second-order valence-electron chi connectivity index (χ2n) is 14.2. The molecular formula is C39H79NO5. The first-order valence-electron chi connectivity index (χ1n) is 19.8. The van der Waals surface area contributed by atoms with Crippen molar-refractivity contribution in [1.29, 1.82) is 0 Å². The highest BCUT2D eigenvalue weighted by Gasteiger charge is 2.28. The van der Waals surface area contributed by atoms with E-state index in [-0.39, 0.29) is 0 Å². The Morgan fingerprint density at radius 2 is 0.889 bits per heavy atom. The number of unbranched alkanes of at least 4 members (excludes halogenated alkanes) is 23. The van der Waals surface area contributed by atoms with Crippen LogP contribution in [0.25, 0.3) is 0 Å². The highest BCUT2D eigenvalue weighted by molar-refractivity contribution is 5.80. The smallest absolute Gasteiger partial charge is 0.249 e. The zero-order valence-electron chi connectivity index (χ0n) is 30.3. The molecule has 1 amide bonds. The Balaban J connectivity index is 3.74. The van der Waals surface area contributed by atoms with Gasteiger partial charge in [-0.3, -0.25) is 4.79 Å². The van der Waals surface area contributed by atoms with Crippen LogP contribution in [0, 0.1) is 5.92 Å². The van der Waals surface area contributed by atoms with E-state index in [2.05, 4.69) is 26.1 Å². The third-order valence-corrected chi connectivity index (χ3v) is 9.86. The molecule has 0 aliphatic heterocycles. The van der Waals surface area contributed by atoms with Gasteiger partial charge in [-0.05, 0) is 18.8 Å². The molecule has 0 aliphatic carbocycles. The fourth-order valence-electron chi connectivity index (χ4n) is 6.26. The standard InChI is InChI=1S/C39H79NO5/c1-4-6-7-8-9-10-11-12-13-14-15-16-17-18-19-22-26-29-32-37(43)39(45)40-35(33-41)38(44)36(42)31-28-25-23-20-21-24-27-30-34(3)5-2/h34-38,41-44H,4-33H2,1-3H3,(H,40,45)/t34-,35+,36-,37-,38+/m1/s1. The molecular weight excluding hydrogens is 562 g/mol. The van der Waals surface area contributed by atoms with Crippen molar-refractivity contribution in [2.45, 2.75) is 231 Å². The largest absolute Gasteiger partial charge is 0.394 e. The first-order chi connectivity index (χ1) is 21.9. The average Bonchev–Trinajstić information content (AvgIpc) is 3.04. The number of hydrogen-bond donors (Lipinski definition) is 5. The molecule has 45 heavy (non-hydrogen) atoms. The highest BCUT2D eigenvalue weighted by Crippen LogP contribution is 2.17. The van der Waals surface area contributed by atoms with E-state index in [4.69, 9.17) is 0 Å².